The molecule has 3 aliphatic rings. The number of nitrogens with zero attached hydrogens (tertiary/aromatic N) is 2. The quantitative estimate of drug-likeness (QED) is 0.260. The minimum atomic E-state index is -4.38. The predicted octanol–water partition coefficient (Wildman–Crippen LogP) is 7.29. The molecule has 0 saturated heterocycles. The van der Waals surface area contributed by atoms with E-state index in [1.54, 1.807) is 18.2 Å². The van der Waals surface area contributed by atoms with Crippen LogP contribution in [0.15, 0.2) is 65.6 Å². The maximum atomic E-state index is 14.3. The van der Waals surface area contributed by atoms with Gasteiger partial charge in [0.2, 0.25) is 0 Å². The number of rotatable bonds is 8. The van der Waals surface area contributed by atoms with Crippen LogP contribution in [0.5, 0.6) is 0 Å². The van der Waals surface area contributed by atoms with Crippen LogP contribution in [0.1, 0.15) is 60.9 Å². The summed E-state index contributed by atoms with van der Waals surface area (Å²) >= 11 is -0.167. The Balaban J connectivity index is 1.40. The Labute approximate surface area is 252 Å². The molecule has 1 heterocycles. The van der Waals surface area contributed by atoms with Gasteiger partial charge in [-0.1, -0.05) is 55.3 Å². The third-order valence-electron chi connectivity index (χ3n) is 9.57. The number of aliphatic hydroxyl groups is 1. The minimum Gasteiger partial charge on any atom is -0.480 e. The summed E-state index contributed by atoms with van der Waals surface area (Å²) in [7, 11) is 0. The maximum absolute atomic E-state index is 14.3. The lowest BCUT2D eigenvalue weighted by Crippen LogP contribution is -2.61. The zero-order chi connectivity index (χ0) is 30.4. The Kier molecular flexibility index (Phi) is 8.10. The van der Waals surface area contributed by atoms with Crippen molar-refractivity contribution in [2.75, 3.05) is 18.2 Å². The SMILES string of the molecule is O=C(O)[C@@H](N1CN(Cc2ccc(SC(F)(F)F)cc2)c2c(ccc3ccccc23)C1=O)C12CCCC(CC(CCO)C1)C2. The number of amides is 1. The smallest absolute Gasteiger partial charge is 0.446 e. The van der Waals surface area contributed by atoms with Crippen molar-refractivity contribution >= 4 is 40.1 Å². The number of aliphatic hydroxyl groups excluding tert-OH is 1. The van der Waals surface area contributed by atoms with Gasteiger partial charge in [-0.3, -0.25) is 4.79 Å². The summed E-state index contributed by atoms with van der Waals surface area (Å²) in [4.78, 5) is 31.1. The number of carboxylic acids is 1. The van der Waals surface area contributed by atoms with Crippen LogP contribution in [0.3, 0.4) is 0 Å². The molecule has 2 fully saturated rings. The summed E-state index contributed by atoms with van der Waals surface area (Å²) in [5, 5.41) is 22.3. The van der Waals surface area contributed by atoms with Gasteiger partial charge in [-0.25, -0.2) is 4.79 Å². The Morgan fingerprint density at radius 1 is 1.07 bits per heavy atom. The van der Waals surface area contributed by atoms with Crippen molar-refractivity contribution in [1.82, 2.24) is 4.90 Å². The van der Waals surface area contributed by atoms with Gasteiger partial charge in [-0.15, -0.1) is 0 Å². The molecule has 6 rings (SSSR count). The molecule has 228 valence electrons. The molecule has 2 saturated carbocycles. The van der Waals surface area contributed by atoms with Crippen LogP contribution in [0.4, 0.5) is 18.9 Å². The highest BCUT2D eigenvalue weighted by Crippen LogP contribution is 2.55. The van der Waals surface area contributed by atoms with E-state index >= 15 is 0 Å². The van der Waals surface area contributed by atoms with Gasteiger partial charge in [0.15, 0.2) is 0 Å². The first-order valence-electron chi connectivity index (χ1n) is 14.8. The Morgan fingerprint density at radius 3 is 2.56 bits per heavy atom. The van der Waals surface area contributed by atoms with E-state index in [4.69, 9.17) is 0 Å². The highest BCUT2D eigenvalue weighted by atomic mass is 32.2. The number of thioether (sulfide) groups is 1. The van der Waals surface area contributed by atoms with Crippen LogP contribution >= 0.6 is 11.8 Å². The molecule has 3 unspecified atom stereocenters. The third-order valence-corrected chi connectivity index (χ3v) is 10.3. The zero-order valence-corrected chi connectivity index (χ0v) is 24.5. The fraction of sp³-hybridized carbons (Fsp3) is 0.455. The number of carboxylic acid groups (broad SMARTS) is 1. The van der Waals surface area contributed by atoms with Crippen molar-refractivity contribution < 1.29 is 33.0 Å². The van der Waals surface area contributed by atoms with Gasteiger partial charge in [-0.05, 0) is 84.9 Å². The molecule has 4 atom stereocenters. The molecule has 10 heteroatoms. The number of benzene rings is 3. The number of aliphatic carboxylic acids is 1. The topological polar surface area (TPSA) is 81.1 Å². The van der Waals surface area contributed by atoms with Crippen LogP contribution in [-0.4, -0.2) is 51.8 Å². The summed E-state index contributed by atoms with van der Waals surface area (Å²) in [5.41, 5.74) is -3.08. The van der Waals surface area contributed by atoms with Gasteiger partial charge < -0.3 is 20.0 Å². The number of halogens is 3. The van der Waals surface area contributed by atoms with Gasteiger partial charge in [0.1, 0.15) is 6.04 Å². The Bertz CT molecular complexity index is 1510. The van der Waals surface area contributed by atoms with Gasteiger partial charge in [0, 0.05) is 28.8 Å². The minimum absolute atomic E-state index is 0.0486. The van der Waals surface area contributed by atoms with Crippen molar-refractivity contribution in [2.45, 2.75) is 67.9 Å². The Hall–Kier alpha value is -3.24. The fourth-order valence-corrected chi connectivity index (χ4v) is 8.65. The molecule has 2 bridgehead atoms. The van der Waals surface area contributed by atoms with Crippen LogP contribution < -0.4 is 4.90 Å². The summed E-state index contributed by atoms with van der Waals surface area (Å²) in [5.74, 6) is -0.745. The molecule has 43 heavy (non-hydrogen) atoms. The predicted molar refractivity (Wildman–Crippen MR) is 160 cm³/mol. The molecule has 1 aliphatic heterocycles. The summed E-state index contributed by atoms with van der Waals surface area (Å²) < 4.78 is 38.7. The second-order valence-electron chi connectivity index (χ2n) is 12.4. The van der Waals surface area contributed by atoms with Crippen LogP contribution in [0, 0.1) is 17.3 Å². The van der Waals surface area contributed by atoms with E-state index < -0.39 is 22.9 Å². The number of alkyl halides is 3. The van der Waals surface area contributed by atoms with Gasteiger partial charge >= 0.3 is 11.5 Å². The number of anilines is 1. The summed E-state index contributed by atoms with van der Waals surface area (Å²) in [6, 6.07) is 16.5. The average molecular weight is 613 g/mol. The number of fused-ring (bicyclic) bond motifs is 5. The molecule has 0 aromatic heterocycles. The van der Waals surface area contributed by atoms with E-state index in [0.29, 0.717) is 30.0 Å². The van der Waals surface area contributed by atoms with E-state index in [0.717, 1.165) is 48.4 Å². The van der Waals surface area contributed by atoms with E-state index in [2.05, 4.69) is 0 Å². The molecule has 0 radical (unpaired) electrons. The normalized spacial score (nSPS) is 24.6. The fourth-order valence-electron chi connectivity index (χ4n) is 8.11. The van der Waals surface area contributed by atoms with Gasteiger partial charge in [0.25, 0.3) is 5.91 Å². The molecule has 2 aliphatic carbocycles. The molecule has 3 aromatic rings. The first-order valence-corrected chi connectivity index (χ1v) is 15.6. The van der Waals surface area contributed by atoms with Crippen molar-refractivity contribution in [3.63, 3.8) is 0 Å². The van der Waals surface area contributed by atoms with E-state index in [9.17, 15) is 33.0 Å². The zero-order valence-electron chi connectivity index (χ0n) is 23.7. The second-order valence-corrected chi connectivity index (χ2v) is 13.5. The molecule has 2 N–H and O–H groups in total. The molecular weight excluding hydrogens is 577 g/mol. The molecule has 3 aromatic carbocycles. The lowest BCUT2D eigenvalue weighted by Gasteiger charge is -2.54. The van der Waals surface area contributed by atoms with Crippen molar-refractivity contribution in [2.24, 2.45) is 17.3 Å². The summed E-state index contributed by atoms with van der Waals surface area (Å²) in [6.45, 7) is 0.395. The first-order chi connectivity index (χ1) is 20.6. The van der Waals surface area contributed by atoms with E-state index in [-0.39, 0.29) is 48.3 Å². The number of hydrogen-bond donors (Lipinski definition) is 2. The molecule has 6 nitrogen and oxygen atoms in total. The number of carbonyl (C=O) groups is 2. The van der Waals surface area contributed by atoms with Crippen LogP contribution in [-0.2, 0) is 11.3 Å². The average Bonchev–Trinajstić information content (AvgIpc) is 2.95. The highest BCUT2D eigenvalue weighted by Gasteiger charge is 2.54. The van der Waals surface area contributed by atoms with Gasteiger partial charge in [0.05, 0.1) is 17.9 Å². The van der Waals surface area contributed by atoms with Crippen LogP contribution in [0.25, 0.3) is 10.8 Å². The first kappa shape index (κ1) is 29.8. The number of carbonyl (C=O) groups excluding carboxylic acids is 1. The molecular formula is C33H35F3N2O4S. The molecule has 0 spiro atoms. The summed E-state index contributed by atoms with van der Waals surface area (Å²) in [6.07, 6.45) is 5.68. The monoisotopic (exact) mass is 612 g/mol. The maximum Gasteiger partial charge on any atom is 0.446 e. The second kappa shape index (κ2) is 11.7. The largest absolute Gasteiger partial charge is 0.480 e. The lowest BCUT2D eigenvalue weighted by molar-refractivity contribution is -0.152. The standard InChI is InChI=1S/C33H35F3N2O4S/c34-33(35,36)43-25-10-7-21(8-11-25)19-37-20-38(30(40)27-12-9-24-5-1-2-6-26(24)28(27)37)29(31(41)42)32-14-3-4-22(17-32)16-23(18-32)13-15-39/h1-2,5-12,22-23,29,39H,3-4,13-20H2,(H,41,42)/t22?,23?,29-,32?/m1/s1. The van der Waals surface area contributed by atoms with Crippen molar-refractivity contribution in [3.8, 4) is 0 Å². The Morgan fingerprint density at radius 2 is 1.84 bits per heavy atom. The van der Waals surface area contributed by atoms with Crippen molar-refractivity contribution in [1.29, 1.82) is 0 Å². The van der Waals surface area contributed by atoms with Crippen LogP contribution in [0.2, 0.25) is 0 Å². The lowest BCUT2D eigenvalue weighted by atomic mass is 9.55. The molecule has 1 amide bonds. The number of hydrogen-bond acceptors (Lipinski definition) is 5. The van der Waals surface area contributed by atoms with E-state index in [1.807, 2.05) is 35.2 Å². The third kappa shape index (κ3) is 5.96. The van der Waals surface area contributed by atoms with Gasteiger partial charge in [-0.2, -0.15) is 13.2 Å². The highest BCUT2D eigenvalue weighted by molar-refractivity contribution is 8.00. The van der Waals surface area contributed by atoms with Crippen molar-refractivity contribution in [3.05, 3.63) is 71.8 Å². The van der Waals surface area contributed by atoms with E-state index in [1.165, 1.54) is 17.0 Å².